The van der Waals surface area contributed by atoms with Gasteiger partial charge in [0.1, 0.15) is 6.10 Å². The summed E-state index contributed by atoms with van der Waals surface area (Å²) in [5.74, 6) is 5.66. The maximum absolute atomic E-state index is 5.66. The Balaban J connectivity index is 2.31. The second-order valence-corrected chi connectivity index (χ2v) is 4.00. The first-order chi connectivity index (χ1) is 8.86. The quantitative estimate of drug-likeness (QED) is 0.622. The first-order valence-electron chi connectivity index (χ1n) is 5.80. The number of nitrogens with one attached hydrogen (secondary N) is 1. The fourth-order valence-corrected chi connectivity index (χ4v) is 2.03. The van der Waals surface area contributed by atoms with Crippen molar-refractivity contribution in [2.45, 2.75) is 12.1 Å². The van der Waals surface area contributed by atoms with Crippen LogP contribution in [0.2, 0.25) is 0 Å². The number of ether oxygens (including phenoxy) is 1. The molecule has 0 amide bonds. The number of nitrogens with two attached hydrogens (primary N) is 1. The Labute approximate surface area is 107 Å². The van der Waals surface area contributed by atoms with Gasteiger partial charge in [-0.05, 0) is 17.2 Å². The Morgan fingerprint density at radius 1 is 1.11 bits per heavy atom. The third-order valence-corrected chi connectivity index (χ3v) is 2.91. The van der Waals surface area contributed by atoms with Crippen LogP contribution in [0.15, 0.2) is 54.9 Å². The molecule has 0 saturated heterocycles. The van der Waals surface area contributed by atoms with Gasteiger partial charge in [-0.3, -0.25) is 10.8 Å². The van der Waals surface area contributed by atoms with E-state index in [1.807, 2.05) is 42.5 Å². The van der Waals surface area contributed by atoms with E-state index in [9.17, 15) is 0 Å². The summed E-state index contributed by atoms with van der Waals surface area (Å²) in [7, 11) is 1.68. The Bertz CT molecular complexity index is 415. The second kappa shape index (κ2) is 6.26. The molecule has 1 aromatic carbocycles. The molecule has 0 bridgehead atoms. The molecule has 4 heteroatoms. The van der Waals surface area contributed by atoms with Crippen molar-refractivity contribution in [2.24, 2.45) is 5.84 Å². The van der Waals surface area contributed by atoms with Crippen LogP contribution < -0.4 is 11.3 Å². The normalized spacial score (nSPS) is 14.1. The smallest absolute Gasteiger partial charge is 0.103 e. The van der Waals surface area contributed by atoms with Gasteiger partial charge < -0.3 is 4.74 Å². The monoisotopic (exact) mass is 243 g/mol. The van der Waals surface area contributed by atoms with Crippen LogP contribution >= 0.6 is 0 Å². The number of methoxy groups -OCH3 is 1. The first-order valence-corrected chi connectivity index (χ1v) is 5.80. The number of hydrogen-bond donors (Lipinski definition) is 2. The van der Waals surface area contributed by atoms with Crippen molar-refractivity contribution < 1.29 is 4.74 Å². The van der Waals surface area contributed by atoms with Crippen LogP contribution in [0.25, 0.3) is 0 Å². The molecule has 2 rings (SSSR count). The highest BCUT2D eigenvalue weighted by Gasteiger charge is 2.23. The molecule has 2 unspecified atom stereocenters. The summed E-state index contributed by atoms with van der Waals surface area (Å²) < 4.78 is 5.57. The van der Waals surface area contributed by atoms with Gasteiger partial charge in [-0.1, -0.05) is 36.4 Å². The number of benzene rings is 1. The minimum Gasteiger partial charge on any atom is -0.375 e. The van der Waals surface area contributed by atoms with E-state index in [4.69, 9.17) is 10.6 Å². The lowest BCUT2D eigenvalue weighted by atomic mass is 9.97. The summed E-state index contributed by atoms with van der Waals surface area (Å²) in [6, 6.07) is 13.7. The van der Waals surface area contributed by atoms with Crippen molar-refractivity contribution in [1.29, 1.82) is 0 Å². The van der Waals surface area contributed by atoms with E-state index < -0.39 is 0 Å². The van der Waals surface area contributed by atoms with Crippen molar-refractivity contribution in [3.63, 3.8) is 0 Å². The fourth-order valence-electron chi connectivity index (χ4n) is 2.03. The summed E-state index contributed by atoms with van der Waals surface area (Å²) in [6.45, 7) is 0. The van der Waals surface area contributed by atoms with Crippen LogP contribution in [0.1, 0.15) is 23.3 Å². The average Bonchev–Trinajstić information content (AvgIpc) is 2.46. The zero-order chi connectivity index (χ0) is 12.8. The Kier molecular flexibility index (Phi) is 4.41. The zero-order valence-electron chi connectivity index (χ0n) is 10.3. The molecule has 0 spiro atoms. The van der Waals surface area contributed by atoms with E-state index in [2.05, 4.69) is 10.4 Å². The third kappa shape index (κ3) is 2.73. The highest BCUT2D eigenvalue weighted by Crippen LogP contribution is 2.30. The molecule has 0 fully saturated rings. The highest BCUT2D eigenvalue weighted by molar-refractivity contribution is 5.24. The number of rotatable bonds is 5. The number of hydrogen-bond acceptors (Lipinski definition) is 4. The SMILES string of the molecule is COC(c1ccccc1)C(NN)c1cccnc1. The van der Waals surface area contributed by atoms with E-state index >= 15 is 0 Å². The molecular weight excluding hydrogens is 226 g/mol. The first kappa shape index (κ1) is 12.7. The predicted octanol–water partition coefficient (Wildman–Crippen LogP) is 1.97. The summed E-state index contributed by atoms with van der Waals surface area (Å²) in [5.41, 5.74) is 4.87. The van der Waals surface area contributed by atoms with E-state index in [0.29, 0.717) is 0 Å². The molecule has 0 aliphatic carbocycles. The van der Waals surface area contributed by atoms with E-state index in [-0.39, 0.29) is 12.1 Å². The van der Waals surface area contributed by atoms with Crippen molar-refractivity contribution >= 4 is 0 Å². The number of nitrogens with zero attached hydrogens (tertiary/aromatic N) is 1. The Hall–Kier alpha value is -1.75. The van der Waals surface area contributed by atoms with Crippen LogP contribution in [0.4, 0.5) is 0 Å². The molecule has 0 aliphatic heterocycles. The van der Waals surface area contributed by atoms with Gasteiger partial charge in [0.15, 0.2) is 0 Å². The Morgan fingerprint density at radius 3 is 2.39 bits per heavy atom. The maximum atomic E-state index is 5.66. The average molecular weight is 243 g/mol. The lowest BCUT2D eigenvalue weighted by Gasteiger charge is -2.25. The lowest BCUT2D eigenvalue weighted by molar-refractivity contribution is 0.0675. The summed E-state index contributed by atoms with van der Waals surface area (Å²) in [6.07, 6.45) is 3.38. The molecule has 3 N–H and O–H groups in total. The molecule has 18 heavy (non-hydrogen) atoms. The Morgan fingerprint density at radius 2 is 1.83 bits per heavy atom. The molecule has 0 saturated carbocycles. The van der Waals surface area contributed by atoms with E-state index in [1.54, 1.807) is 19.5 Å². The van der Waals surface area contributed by atoms with Gasteiger partial charge in [0, 0.05) is 19.5 Å². The van der Waals surface area contributed by atoms with Gasteiger partial charge in [0.05, 0.1) is 6.04 Å². The van der Waals surface area contributed by atoms with Gasteiger partial charge >= 0.3 is 0 Å². The van der Waals surface area contributed by atoms with Gasteiger partial charge in [-0.15, -0.1) is 0 Å². The van der Waals surface area contributed by atoms with Gasteiger partial charge in [0.2, 0.25) is 0 Å². The standard InChI is InChI=1S/C14H17N3O/c1-18-14(11-6-3-2-4-7-11)13(17-15)12-8-5-9-16-10-12/h2-10,13-14,17H,15H2,1H3. The predicted molar refractivity (Wildman–Crippen MR) is 70.5 cm³/mol. The molecule has 0 aliphatic rings. The largest absolute Gasteiger partial charge is 0.375 e. The molecular formula is C14H17N3O. The molecule has 1 heterocycles. The number of hydrazine groups is 1. The summed E-state index contributed by atoms with van der Waals surface area (Å²) in [5, 5.41) is 0. The molecule has 2 aromatic rings. The van der Waals surface area contributed by atoms with Crippen molar-refractivity contribution in [3.8, 4) is 0 Å². The second-order valence-electron chi connectivity index (χ2n) is 4.00. The van der Waals surface area contributed by atoms with Gasteiger partial charge in [0.25, 0.3) is 0 Å². The van der Waals surface area contributed by atoms with Crippen LogP contribution in [-0.4, -0.2) is 12.1 Å². The number of aromatic nitrogens is 1. The van der Waals surface area contributed by atoms with Crippen LogP contribution in [0, 0.1) is 0 Å². The van der Waals surface area contributed by atoms with E-state index in [1.165, 1.54) is 0 Å². The lowest BCUT2D eigenvalue weighted by Crippen LogP contribution is -2.33. The van der Waals surface area contributed by atoms with Crippen molar-refractivity contribution in [1.82, 2.24) is 10.4 Å². The van der Waals surface area contributed by atoms with Crippen LogP contribution in [0.5, 0.6) is 0 Å². The van der Waals surface area contributed by atoms with Crippen molar-refractivity contribution in [2.75, 3.05) is 7.11 Å². The third-order valence-electron chi connectivity index (χ3n) is 2.91. The minimum atomic E-state index is -0.152. The fraction of sp³-hybridized carbons (Fsp3) is 0.214. The number of pyridine rings is 1. The molecule has 1 aromatic heterocycles. The molecule has 4 nitrogen and oxygen atoms in total. The van der Waals surface area contributed by atoms with Gasteiger partial charge in [-0.25, -0.2) is 5.43 Å². The van der Waals surface area contributed by atoms with E-state index in [0.717, 1.165) is 11.1 Å². The topological polar surface area (TPSA) is 60.2 Å². The van der Waals surface area contributed by atoms with Crippen LogP contribution in [0.3, 0.4) is 0 Å². The summed E-state index contributed by atoms with van der Waals surface area (Å²) in [4.78, 5) is 4.11. The minimum absolute atomic E-state index is 0.133. The van der Waals surface area contributed by atoms with Gasteiger partial charge in [-0.2, -0.15) is 0 Å². The van der Waals surface area contributed by atoms with Crippen LogP contribution in [-0.2, 0) is 4.74 Å². The highest BCUT2D eigenvalue weighted by atomic mass is 16.5. The zero-order valence-corrected chi connectivity index (χ0v) is 10.3. The maximum Gasteiger partial charge on any atom is 0.103 e. The van der Waals surface area contributed by atoms with Crippen molar-refractivity contribution in [3.05, 3.63) is 66.0 Å². The molecule has 94 valence electrons. The summed E-state index contributed by atoms with van der Waals surface area (Å²) >= 11 is 0. The molecule has 2 atom stereocenters. The molecule has 0 radical (unpaired) electrons.